The van der Waals surface area contributed by atoms with E-state index >= 15 is 0 Å². The smallest absolute Gasteiger partial charge is 0.251 e. The number of hydrogen-bond acceptors (Lipinski definition) is 6. The van der Waals surface area contributed by atoms with Crippen LogP contribution >= 0.6 is 0 Å². The summed E-state index contributed by atoms with van der Waals surface area (Å²) in [5.74, 6) is -0.168. The second kappa shape index (κ2) is 8.61. The maximum Gasteiger partial charge on any atom is 0.251 e. The molecule has 140 valence electrons. The molecule has 1 saturated heterocycles. The zero-order chi connectivity index (χ0) is 18.4. The first kappa shape index (κ1) is 19.6. The Morgan fingerprint density at radius 1 is 1.32 bits per heavy atom. The van der Waals surface area contributed by atoms with Crippen LogP contribution in [0.3, 0.4) is 0 Å². The van der Waals surface area contributed by atoms with Gasteiger partial charge in [-0.2, -0.15) is 4.31 Å². The summed E-state index contributed by atoms with van der Waals surface area (Å²) in [7, 11) is -0.834. The number of methoxy groups -OCH3 is 2. The first-order chi connectivity index (χ1) is 11.9. The number of nitrogens with one attached hydrogen (secondary N) is 1. The molecule has 0 radical (unpaired) electrons. The van der Waals surface area contributed by atoms with Gasteiger partial charge in [-0.15, -0.1) is 0 Å². The molecule has 2 rings (SSSR count). The van der Waals surface area contributed by atoms with Crippen molar-refractivity contribution in [2.75, 3.05) is 47.1 Å². The molecule has 0 bridgehead atoms. The van der Waals surface area contributed by atoms with Crippen molar-refractivity contribution >= 4 is 15.9 Å². The molecule has 9 heteroatoms. The van der Waals surface area contributed by atoms with Crippen LogP contribution in [-0.4, -0.2) is 71.8 Å². The van der Waals surface area contributed by atoms with Gasteiger partial charge in [0.1, 0.15) is 10.6 Å². The Morgan fingerprint density at radius 2 is 2.00 bits per heavy atom. The van der Waals surface area contributed by atoms with E-state index < -0.39 is 10.0 Å². The summed E-state index contributed by atoms with van der Waals surface area (Å²) < 4.78 is 42.5. The minimum Gasteiger partial charge on any atom is -0.495 e. The van der Waals surface area contributed by atoms with Gasteiger partial charge < -0.3 is 19.5 Å². The van der Waals surface area contributed by atoms with Crippen molar-refractivity contribution in [2.45, 2.75) is 17.9 Å². The van der Waals surface area contributed by atoms with Crippen LogP contribution in [0.5, 0.6) is 5.75 Å². The van der Waals surface area contributed by atoms with Gasteiger partial charge in [-0.05, 0) is 25.1 Å². The van der Waals surface area contributed by atoms with E-state index in [-0.39, 0.29) is 41.2 Å². The van der Waals surface area contributed by atoms with Gasteiger partial charge in [-0.3, -0.25) is 4.79 Å². The van der Waals surface area contributed by atoms with E-state index in [1.165, 1.54) is 29.6 Å². The predicted molar refractivity (Wildman–Crippen MR) is 91.4 cm³/mol. The van der Waals surface area contributed by atoms with Gasteiger partial charge in [0.05, 0.1) is 26.9 Å². The van der Waals surface area contributed by atoms with E-state index in [1.54, 1.807) is 14.0 Å². The second-order valence-electron chi connectivity index (χ2n) is 5.71. The number of amides is 1. The summed E-state index contributed by atoms with van der Waals surface area (Å²) in [5.41, 5.74) is 0.246. The van der Waals surface area contributed by atoms with Gasteiger partial charge in [-0.25, -0.2) is 8.42 Å². The molecule has 0 spiro atoms. The van der Waals surface area contributed by atoms with Crippen molar-refractivity contribution in [1.29, 1.82) is 0 Å². The third kappa shape index (κ3) is 4.69. The molecule has 1 N–H and O–H groups in total. The average molecular weight is 372 g/mol. The number of morpholine rings is 1. The number of nitrogens with zero attached hydrogens (tertiary/aromatic N) is 1. The zero-order valence-corrected chi connectivity index (χ0v) is 15.5. The Kier molecular flexibility index (Phi) is 6.77. The van der Waals surface area contributed by atoms with Crippen LogP contribution in [0.4, 0.5) is 0 Å². The molecule has 0 aromatic heterocycles. The Bertz CT molecular complexity index is 701. The van der Waals surface area contributed by atoms with Crippen molar-refractivity contribution in [2.24, 2.45) is 0 Å². The number of rotatable bonds is 7. The van der Waals surface area contributed by atoms with E-state index in [2.05, 4.69) is 5.32 Å². The fraction of sp³-hybridized carbons (Fsp3) is 0.562. The lowest BCUT2D eigenvalue weighted by Gasteiger charge is -2.26. The van der Waals surface area contributed by atoms with Crippen LogP contribution in [0.15, 0.2) is 23.1 Å². The quantitative estimate of drug-likeness (QED) is 0.748. The topological polar surface area (TPSA) is 94.2 Å². The average Bonchev–Trinajstić information content (AvgIpc) is 2.62. The van der Waals surface area contributed by atoms with Crippen LogP contribution in [0.2, 0.25) is 0 Å². The Labute approximate surface area is 148 Å². The largest absolute Gasteiger partial charge is 0.495 e. The molecule has 1 heterocycles. The summed E-state index contributed by atoms with van der Waals surface area (Å²) in [5, 5.41) is 2.76. The van der Waals surface area contributed by atoms with Crippen LogP contribution in [0, 0.1) is 0 Å². The molecule has 1 aliphatic rings. The number of ether oxygens (including phenoxy) is 3. The molecule has 1 fully saturated rings. The molecule has 0 saturated carbocycles. The molecule has 1 aliphatic heterocycles. The first-order valence-electron chi connectivity index (χ1n) is 7.96. The highest BCUT2D eigenvalue weighted by molar-refractivity contribution is 7.89. The van der Waals surface area contributed by atoms with Crippen LogP contribution in [0.1, 0.15) is 17.3 Å². The van der Waals surface area contributed by atoms with Gasteiger partial charge >= 0.3 is 0 Å². The van der Waals surface area contributed by atoms with E-state index in [0.29, 0.717) is 19.8 Å². The number of sulfonamides is 1. The lowest BCUT2D eigenvalue weighted by Crippen LogP contribution is -2.41. The monoisotopic (exact) mass is 372 g/mol. The molecule has 1 amide bonds. The maximum atomic E-state index is 12.9. The van der Waals surface area contributed by atoms with E-state index in [4.69, 9.17) is 14.2 Å². The highest BCUT2D eigenvalue weighted by Gasteiger charge is 2.30. The standard InChI is InChI=1S/C16H24N2O6S/c1-12(11-22-2)17-16(19)13-4-5-14(23-3)15(10-13)25(20,21)18-6-8-24-9-7-18/h4-5,10,12H,6-9,11H2,1-3H3,(H,17,19)/t12-/m1/s1. The highest BCUT2D eigenvalue weighted by atomic mass is 32.2. The molecule has 1 atom stereocenters. The molecule has 25 heavy (non-hydrogen) atoms. The minimum atomic E-state index is -3.78. The van der Waals surface area contributed by atoms with E-state index in [1.807, 2.05) is 0 Å². The maximum absolute atomic E-state index is 12.9. The van der Waals surface area contributed by atoms with Crippen LogP contribution < -0.4 is 10.1 Å². The fourth-order valence-electron chi connectivity index (χ4n) is 2.54. The molecule has 1 aromatic rings. The summed E-state index contributed by atoms with van der Waals surface area (Å²) >= 11 is 0. The minimum absolute atomic E-state index is 0.0241. The predicted octanol–water partition coefficient (Wildman–Crippen LogP) is 0.481. The van der Waals surface area contributed by atoms with E-state index in [9.17, 15) is 13.2 Å². The second-order valence-corrected chi connectivity index (χ2v) is 7.62. The molecule has 1 aromatic carbocycles. The molecular formula is C16H24N2O6S. The third-order valence-electron chi connectivity index (χ3n) is 3.81. The number of hydrogen-bond donors (Lipinski definition) is 1. The molecule has 0 aliphatic carbocycles. The van der Waals surface area contributed by atoms with Crippen molar-refractivity contribution in [3.8, 4) is 5.75 Å². The number of benzene rings is 1. The summed E-state index contributed by atoms with van der Waals surface area (Å²) in [6.45, 7) is 3.39. The number of carbonyl (C=O) groups excluding carboxylic acids is 1. The molecule has 8 nitrogen and oxygen atoms in total. The first-order valence-corrected chi connectivity index (χ1v) is 9.40. The van der Waals surface area contributed by atoms with Gasteiger partial charge in [0.25, 0.3) is 5.91 Å². The van der Waals surface area contributed by atoms with Crippen LogP contribution in [0.25, 0.3) is 0 Å². The third-order valence-corrected chi connectivity index (χ3v) is 5.73. The highest BCUT2D eigenvalue weighted by Crippen LogP contribution is 2.28. The lowest BCUT2D eigenvalue weighted by atomic mass is 10.2. The SMILES string of the molecule is COC[C@@H](C)NC(=O)c1ccc(OC)c(S(=O)(=O)N2CCOCC2)c1. The molecular weight excluding hydrogens is 348 g/mol. The van der Waals surface area contributed by atoms with Crippen molar-refractivity contribution < 1.29 is 27.4 Å². The van der Waals surface area contributed by atoms with Gasteiger partial charge in [-0.1, -0.05) is 0 Å². The summed E-state index contributed by atoms with van der Waals surface area (Å²) in [6.07, 6.45) is 0. The lowest BCUT2D eigenvalue weighted by molar-refractivity contribution is 0.0729. The normalized spacial score (nSPS) is 17.1. The van der Waals surface area contributed by atoms with E-state index in [0.717, 1.165) is 0 Å². The van der Waals surface area contributed by atoms with Gasteiger partial charge in [0.2, 0.25) is 10.0 Å². The Morgan fingerprint density at radius 3 is 2.60 bits per heavy atom. The van der Waals surface area contributed by atoms with Crippen molar-refractivity contribution in [3.63, 3.8) is 0 Å². The van der Waals surface area contributed by atoms with Gasteiger partial charge in [0, 0.05) is 31.8 Å². The zero-order valence-electron chi connectivity index (χ0n) is 14.6. The van der Waals surface area contributed by atoms with Gasteiger partial charge in [0.15, 0.2) is 0 Å². The summed E-state index contributed by atoms with van der Waals surface area (Å²) in [6, 6.07) is 4.17. The van der Waals surface area contributed by atoms with Crippen LogP contribution in [-0.2, 0) is 19.5 Å². The van der Waals surface area contributed by atoms with Crippen molar-refractivity contribution in [3.05, 3.63) is 23.8 Å². The van der Waals surface area contributed by atoms with Crippen molar-refractivity contribution in [1.82, 2.24) is 9.62 Å². The fourth-order valence-corrected chi connectivity index (χ4v) is 4.13. The number of carbonyl (C=O) groups is 1. The summed E-state index contributed by atoms with van der Waals surface area (Å²) in [4.78, 5) is 12.3. The molecule has 0 unspecified atom stereocenters. The Balaban J connectivity index is 2.32. The Hall–Kier alpha value is -1.68.